The fourth-order valence-corrected chi connectivity index (χ4v) is 2.89. The van der Waals surface area contributed by atoms with E-state index in [1.165, 1.54) is 22.3 Å². The average molecular weight is 318 g/mol. The first kappa shape index (κ1) is 14.5. The van der Waals surface area contributed by atoms with Gasteiger partial charge in [0.2, 0.25) is 11.8 Å². The van der Waals surface area contributed by atoms with E-state index in [-0.39, 0.29) is 30.5 Å². The molecule has 1 saturated heterocycles. The zero-order valence-corrected chi connectivity index (χ0v) is 12.5. The molecule has 0 saturated carbocycles. The van der Waals surface area contributed by atoms with E-state index < -0.39 is 0 Å². The second-order valence-corrected chi connectivity index (χ2v) is 5.80. The molecule has 22 heavy (non-hydrogen) atoms. The molecule has 8 heteroatoms. The van der Waals surface area contributed by atoms with Crippen molar-refractivity contribution in [2.75, 3.05) is 19.6 Å². The molecular formula is C14H14N4O3S. The first-order valence-corrected chi connectivity index (χ1v) is 7.68. The van der Waals surface area contributed by atoms with Crippen LogP contribution in [-0.4, -0.2) is 46.1 Å². The standard InChI is InChI=1S/C14H14N4O3S/c19-12-8-17(6-5-15-12)14(21)9-18-13(20)4-3-10(16-18)11-2-1-7-22-11/h1-4,7H,5-6,8-9H2,(H,15,19). The van der Waals surface area contributed by atoms with Crippen LogP contribution >= 0.6 is 11.3 Å². The molecule has 0 bridgehead atoms. The second kappa shape index (κ2) is 6.10. The van der Waals surface area contributed by atoms with E-state index in [0.717, 1.165) is 9.56 Å². The normalized spacial score (nSPS) is 14.7. The summed E-state index contributed by atoms with van der Waals surface area (Å²) in [7, 11) is 0. The monoisotopic (exact) mass is 318 g/mol. The molecule has 0 unspecified atom stereocenters. The molecule has 1 N–H and O–H groups in total. The minimum Gasteiger partial charge on any atom is -0.353 e. The molecule has 0 atom stereocenters. The predicted octanol–water partition coefficient (Wildman–Crippen LogP) is -0.0698. The lowest BCUT2D eigenvalue weighted by molar-refractivity contribution is -0.138. The number of carbonyl (C=O) groups is 2. The number of aromatic nitrogens is 2. The van der Waals surface area contributed by atoms with Crippen molar-refractivity contribution < 1.29 is 9.59 Å². The maximum Gasteiger partial charge on any atom is 0.267 e. The van der Waals surface area contributed by atoms with Crippen LogP contribution in [0.1, 0.15) is 0 Å². The maximum atomic E-state index is 12.2. The van der Waals surface area contributed by atoms with Crippen molar-refractivity contribution in [1.82, 2.24) is 20.0 Å². The number of nitrogens with one attached hydrogen (secondary N) is 1. The van der Waals surface area contributed by atoms with Gasteiger partial charge in [0.15, 0.2) is 0 Å². The molecule has 3 heterocycles. The molecule has 7 nitrogen and oxygen atoms in total. The van der Waals surface area contributed by atoms with Gasteiger partial charge in [0, 0.05) is 19.2 Å². The van der Waals surface area contributed by atoms with Gasteiger partial charge in [-0.25, -0.2) is 4.68 Å². The van der Waals surface area contributed by atoms with Crippen molar-refractivity contribution in [3.63, 3.8) is 0 Å². The van der Waals surface area contributed by atoms with Crippen molar-refractivity contribution in [2.45, 2.75) is 6.54 Å². The van der Waals surface area contributed by atoms with Crippen LogP contribution in [0.5, 0.6) is 0 Å². The summed E-state index contributed by atoms with van der Waals surface area (Å²) < 4.78 is 1.14. The number of hydrogen-bond acceptors (Lipinski definition) is 5. The minimum absolute atomic E-state index is 0.0260. The van der Waals surface area contributed by atoms with Gasteiger partial charge in [-0.2, -0.15) is 5.10 Å². The number of amides is 2. The van der Waals surface area contributed by atoms with Gasteiger partial charge in [-0.3, -0.25) is 14.4 Å². The number of hydrogen-bond donors (Lipinski definition) is 1. The summed E-state index contributed by atoms with van der Waals surface area (Å²) >= 11 is 1.51. The third-order valence-corrected chi connectivity index (χ3v) is 4.21. The van der Waals surface area contributed by atoms with E-state index in [0.29, 0.717) is 18.8 Å². The largest absolute Gasteiger partial charge is 0.353 e. The van der Waals surface area contributed by atoms with E-state index in [4.69, 9.17) is 0 Å². The minimum atomic E-state index is -0.338. The maximum absolute atomic E-state index is 12.2. The summed E-state index contributed by atoms with van der Waals surface area (Å²) in [6.07, 6.45) is 0. The second-order valence-electron chi connectivity index (χ2n) is 4.86. The van der Waals surface area contributed by atoms with Crippen LogP contribution in [0.4, 0.5) is 0 Å². The Labute approximate surface area is 130 Å². The molecule has 2 aromatic heterocycles. The SMILES string of the molecule is O=C1CN(C(=O)Cn2nc(-c3cccs3)ccc2=O)CCN1. The molecule has 0 spiro atoms. The summed E-state index contributed by atoms with van der Waals surface area (Å²) in [5.74, 6) is -0.472. The molecule has 2 aromatic rings. The third-order valence-electron chi connectivity index (χ3n) is 3.32. The van der Waals surface area contributed by atoms with Gasteiger partial charge in [-0.15, -0.1) is 11.3 Å². The molecule has 2 amide bonds. The zero-order chi connectivity index (χ0) is 15.5. The van der Waals surface area contributed by atoms with Crippen LogP contribution in [-0.2, 0) is 16.1 Å². The molecule has 1 fully saturated rings. The number of carbonyl (C=O) groups excluding carboxylic acids is 2. The summed E-state index contributed by atoms with van der Waals surface area (Å²) in [5, 5.41) is 8.81. The number of piperazine rings is 1. The molecular weight excluding hydrogens is 304 g/mol. The van der Waals surface area contributed by atoms with Crippen LogP contribution < -0.4 is 10.9 Å². The molecule has 3 rings (SSSR count). The Hall–Kier alpha value is -2.48. The molecule has 0 aromatic carbocycles. The summed E-state index contributed by atoms with van der Waals surface area (Å²) in [6, 6.07) is 6.84. The topological polar surface area (TPSA) is 84.3 Å². The number of thiophene rings is 1. The first-order valence-electron chi connectivity index (χ1n) is 6.80. The molecule has 114 valence electrons. The summed E-state index contributed by atoms with van der Waals surface area (Å²) in [5.41, 5.74) is 0.314. The smallest absolute Gasteiger partial charge is 0.267 e. The highest BCUT2D eigenvalue weighted by Crippen LogP contribution is 2.21. The quantitative estimate of drug-likeness (QED) is 0.858. The number of nitrogens with zero attached hydrogens (tertiary/aromatic N) is 3. The molecule has 0 aliphatic carbocycles. The Morgan fingerprint density at radius 2 is 2.18 bits per heavy atom. The van der Waals surface area contributed by atoms with Gasteiger partial charge in [0.1, 0.15) is 12.2 Å². The number of rotatable bonds is 3. The lowest BCUT2D eigenvalue weighted by Crippen LogP contribution is -2.51. The lowest BCUT2D eigenvalue weighted by Gasteiger charge is -2.26. The Bertz CT molecular complexity index is 754. The Kier molecular flexibility index (Phi) is 4.01. The van der Waals surface area contributed by atoms with Gasteiger partial charge < -0.3 is 10.2 Å². The predicted molar refractivity (Wildman–Crippen MR) is 81.4 cm³/mol. The Morgan fingerprint density at radius 1 is 1.32 bits per heavy atom. The van der Waals surface area contributed by atoms with E-state index >= 15 is 0 Å². The summed E-state index contributed by atoms with van der Waals surface area (Å²) in [4.78, 5) is 37.8. The fourth-order valence-electron chi connectivity index (χ4n) is 2.20. The highest BCUT2D eigenvalue weighted by molar-refractivity contribution is 7.13. The van der Waals surface area contributed by atoms with E-state index in [2.05, 4.69) is 10.4 Å². The highest BCUT2D eigenvalue weighted by Gasteiger charge is 2.21. The van der Waals surface area contributed by atoms with Crippen molar-refractivity contribution in [1.29, 1.82) is 0 Å². The fraction of sp³-hybridized carbons (Fsp3) is 0.286. The van der Waals surface area contributed by atoms with Crippen LogP contribution in [0.15, 0.2) is 34.4 Å². The first-order chi connectivity index (χ1) is 10.6. The van der Waals surface area contributed by atoms with Gasteiger partial charge in [0.05, 0.1) is 11.4 Å². The van der Waals surface area contributed by atoms with E-state index in [1.807, 2.05) is 17.5 Å². The highest BCUT2D eigenvalue weighted by atomic mass is 32.1. The average Bonchev–Trinajstić information content (AvgIpc) is 3.04. The van der Waals surface area contributed by atoms with E-state index in [9.17, 15) is 14.4 Å². The third kappa shape index (κ3) is 3.06. The van der Waals surface area contributed by atoms with Gasteiger partial charge in [-0.05, 0) is 17.5 Å². The Balaban J connectivity index is 1.79. The van der Waals surface area contributed by atoms with Gasteiger partial charge in [0.25, 0.3) is 5.56 Å². The van der Waals surface area contributed by atoms with Crippen molar-refractivity contribution in [3.8, 4) is 10.6 Å². The molecule has 1 aliphatic rings. The van der Waals surface area contributed by atoms with Crippen LogP contribution in [0.25, 0.3) is 10.6 Å². The van der Waals surface area contributed by atoms with Crippen LogP contribution in [0, 0.1) is 0 Å². The van der Waals surface area contributed by atoms with Crippen molar-refractivity contribution in [3.05, 3.63) is 40.0 Å². The molecule has 1 aliphatic heterocycles. The van der Waals surface area contributed by atoms with Gasteiger partial charge in [-0.1, -0.05) is 6.07 Å². The van der Waals surface area contributed by atoms with Crippen LogP contribution in [0.3, 0.4) is 0 Å². The van der Waals surface area contributed by atoms with Gasteiger partial charge >= 0.3 is 0 Å². The zero-order valence-electron chi connectivity index (χ0n) is 11.7. The Morgan fingerprint density at radius 3 is 2.91 bits per heavy atom. The van der Waals surface area contributed by atoms with Crippen molar-refractivity contribution in [2.24, 2.45) is 0 Å². The lowest BCUT2D eigenvalue weighted by atomic mass is 10.3. The van der Waals surface area contributed by atoms with Crippen molar-refractivity contribution >= 4 is 23.2 Å². The van der Waals surface area contributed by atoms with E-state index in [1.54, 1.807) is 6.07 Å². The summed E-state index contributed by atoms with van der Waals surface area (Å²) in [6.45, 7) is 0.746. The molecule has 0 radical (unpaired) electrons. The van der Waals surface area contributed by atoms with Crippen LogP contribution in [0.2, 0.25) is 0 Å².